The van der Waals surface area contributed by atoms with Crippen LogP contribution in [0.5, 0.6) is 0 Å². The number of carboxylic acid groups (broad SMARTS) is 2. The van der Waals surface area contributed by atoms with Crippen LogP contribution >= 0.6 is 11.3 Å². The molecule has 0 radical (unpaired) electrons. The Morgan fingerprint density at radius 1 is 1.26 bits per heavy atom. The second-order valence-corrected chi connectivity index (χ2v) is 4.86. The minimum atomic E-state index is -1.20. The lowest BCUT2D eigenvalue weighted by atomic mass is 10.1. The third kappa shape index (κ3) is 5.06. The maximum absolute atomic E-state index is 11.7. The minimum absolute atomic E-state index is 0.286. The van der Waals surface area contributed by atoms with Crippen LogP contribution in [0.15, 0.2) is 17.5 Å². The molecule has 0 fully saturated rings. The van der Waals surface area contributed by atoms with Crippen LogP contribution in [-0.2, 0) is 14.4 Å². The summed E-state index contributed by atoms with van der Waals surface area (Å²) in [5, 5.41) is 21.6. The first kappa shape index (κ1) is 15.1. The van der Waals surface area contributed by atoms with Crippen LogP contribution < -0.4 is 11.1 Å². The number of thiophene rings is 1. The Hall–Kier alpha value is -1.93. The molecule has 0 bridgehead atoms. The molecule has 5 N–H and O–H groups in total. The van der Waals surface area contributed by atoms with Crippen LogP contribution in [0.1, 0.15) is 23.8 Å². The van der Waals surface area contributed by atoms with Crippen LogP contribution in [0, 0.1) is 0 Å². The van der Waals surface area contributed by atoms with E-state index in [-0.39, 0.29) is 6.42 Å². The molecule has 0 spiro atoms. The molecule has 2 unspecified atom stereocenters. The van der Waals surface area contributed by atoms with Crippen molar-refractivity contribution in [3.8, 4) is 0 Å². The molecule has 0 aromatic carbocycles. The highest BCUT2D eigenvalue weighted by atomic mass is 32.1. The first-order chi connectivity index (χ1) is 8.90. The molecule has 0 saturated carbocycles. The van der Waals surface area contributed by atoms with Gasteiger partial charge in [-0.15, -0.1) is 11.3 Å². The number of rotatable bonds is 7. The molecule has 0 aliphatic heterocycles. The van der Waals surface area contributed by atoms with Crippen LogP contribution in [0.4, 0.5) is 0 Å². The first-order valence-corrected chi connectivity index (χ1v) is 6.31. The van der Waals surface area contributed by atoms with E-state index in [4.69, 9.17) is 15.9 Å². The van der Waals surface area contributed by atoms with Gasteiger partial charge in [0.15, 0.2) is 0 Å². The molecule has 8 heteroatoms. The summed E-state index contributed by atoms with van der Waals surface area (Å²) in [6.45, 7) is 0. The summed E-state index contributed by atoms with van der Waals surface area (Å²) in [6, 6.07) is 1.53. The van der Waals surface area contributed by atoms with Crippen molar-refractivity contribution in [3.63, 3.8) is 0 Å². The molecule has 1 rings (SSSR count). The van der Waals surface area contributed by atoms with Gasteiger partial charge in [-0.2, -0.15) is 0 Å². The SMILES string of the molecule is NC(CC(=O)O)C(=O)NC(CC(=O)O)c1cccs1. The van der Waals surface area contributed by atoms with Gasteiger partial charge in [-0.25, -0.2) is 0 Å². The molecule has 0 saturated heterocycles. The molecule has 1 amide bonds. The smallest absolute Gasteiger partial charge is 0.305 e. The van der Waals surface area contributed by atoms with E-state index in [1.165, 1.54) is 11.3 Å². The molecule has 0 aliphatic carbocycles. The van der Waals surface area contributed by atoms with E-state index in [1.54, 1.807) is 17.5 Å². The van der Waals surface area contributed by atoms with E-state index in [0.29, 0.717) is 4.88 Å². The average molecular weight is 286 g/mol. The van der Waals surface area contributed by atoms with Crippen molar-refractivity contribution in [3.05, 3.63) is 22.4 Å². The number of hydrogen-bond acceptors (Lipinski definition) is 5. The number of nitrogens with one attached hydrogen (secondary N) is 1. The lowest BCUT2D eigenvalue weighted by molar-refractivity contribution is -0.140. The van der Waals surface area contributed by atoms with Gasteiger partial charge in [-0.3, -0.25) is 14.4 Å². The molecule has 2 atom stereocenters. The molecule has 104 valence electrons. The van der Waals surface area contributed by atoms with Crippen molar-refractivity contribution < 1.29 is 24.6 Å². The van der Waals surface area contributed by atoms with E-state index < -0.39 is 36.4 Å². The van der Waals surface area contributed by atoms with Gasteiger partial charge in [0, 0.05) is 4.88 Å². The standard InChI is InChI=1S/C11H14N2O5S/c12-6(4-9(14)15)11(18)13-7(5-10(16)17)8-2-1-3-19-8/h1-3,6-7H,4-5,12H2,(H,13,18)(H,14,15)(H,16,17). The number of aliphatic carboxylic acids is 2. The van der Waals surface area contributed by atoms with Gasteiger partial charge in [0.1, 0.15) is 0 Å². The Balaban J connectivity index is 2.70. The highest BCUT2D eigenvalue weighted by Gasteiger charge is 2.23. The Morgan fingerprint density at radius 2 is 1.89 bits per heavy atom. The zero-order valence-corrected chi connectivity index (χ0v) is 10.7. The summed E-state index contributed by atoms with van der Waals surface area (Å²) in [7, 11) is 0. The van der Waals surface area contributed by atoms with Gasteiger partial charge in [0.05, 0.1) is 24.9 Å². The van der Waals surface area contributed by atoms with Gasteiger partial charge in [0.2, 0.25) is 5.91 Å². The summed E-state index contributed by atoms with van der Waals surface area (Å²) in [5.41, 5.74) is 5.41. The fourth-order valence-corrected chi connectivity index (χ4v) is 2.22. The fourth-order valence-electron chi connectivity index (χ4n) is 1.45. The van der Waals surface area contributed by atoms with Crippen molar-refractivity contribution in [1.82, 2.24) is 5.32 Å². The first-order valence-electron chi connectivity index (χ1n) is 5.43. The van der Waals surface area contributed by atoms with Crippen LogP contribution in [-0.4, -0.2) is 34.1 Å². The van der Waals surface area contributed by atoms with Gasteiger partial charge in [0.25, 0.3) is 0 Å². The summed E-state index contributed by atoms with van der Waals surface area (Å²) in [6.07, 6.45) is -0.790. The zero-order chi connectivity index (χ0) is 14.4. The Morgan fingerprint density at radius 3 is 2.37 bits per heavy atom. The molecular weight excluding hydrogens is 272 g/mol. The van der Waals surface area contributed by atoms with E-state index in [9.17, 15) is 14.4 Å². The summed E-state index contributed by atoms with van der Waals surface area (Å²) in [4.78, 5) is 33.6. The number of carboxylic acids is 2. The lowest BCUT2D eigenvalue weighted by Gasteiger charge is -2.18. The van der Waals surface area contributed by atoms with E-state index in [2.05, 4.69) is 5.32 Å². The second kappa shape index (κ2) is 6.86. The van der Waals surface area contributed by atoms with Crippen molar-refractivity contribution in [2.75, 3.05) is 0 Å². The van der Waals surface area contributed by atoms with Gasteiger partial charge < -0.3 is 21.3 Å². The Bertz CT molecular complexity index is 460. The molecule has 1 heterocycles. The van der Waals surface area contributed by atoms with Crippen molar-refractivity contribution in [2.24, 2.45) is 5.73 Å². The zero-order valence-electron chi connectivity index (χ0n) is 9.91. The largest absolute Gasteiger partial charge is 0.481 e. The fraction of sp³-hybridized carbons (Fsp3) is 0.364. The van der Waals surface area contributed by atoms with Crippen LogP contribution in [0.2, 0.25) is 0 Å². The topological polar surface area (TPSA) is 130 Å². The maximum atomic E-state index is 11.7. The molecule has 0 aliphatic rings. The number of nitrogens with two attached hydrogens (primary N) is 1. The third-order valence-corrected chi connectivity index (χ3v) is 3.30. The number of hydrogen-bond donors (Lipinski definition) is 4. The quantitative estimate of drug-likeness (QED) is 0.566. The van der Waals surface area contributed by atoms with Gasteiger partial charge in [-0.1, -0.05) is 6.07 Å². The average Bonchev–Trinajstić information content (AvgIpc) is 2.79. The minimum Gasteiger partial charge on any atom is -0.481 e. The molecule has 1 aromatic rings. The highest BCUT2D eigenvalue weighted by Crippen LogP contribution is 2.22. The number of carbonyl (C=O) groups excluding carboxylic acids is 1. The predicted octanol–water partition coefficient (Wildman–Crippen LogP) is 0.182. The van der Waals surface area contributed by atoms with Crippen molar-refractivity contribution >= 4 is 29.2 Å². The van der Waals surface area contributed by atoms with Crippen LogP contribution in [0.3, 0.4) is 0 Å². The summed E-state index contributed by atoms with van der Waals surface area (Å²) >= 11 is 1.31. The highest BCUT2D eigenvalue weighted by molar-refractivity contribution is 7.10. The molecule has 7 nitrogen and oxygen atoms in total. The van der Waals surface area contributed by atoms with E-state index in [0.717, 1.165) is 0 Å². The van der Waals surface area contributed by atoms with Crippen molar-refractivity contribution in [2.45, 2.75) is 24.9 Å². The Labute approximate surface area is 113 Å². The number of carbonyl (C=O) groups is 3. The molecule has 1 aromatic heterocycles. The van der Waals surface area contributed by atoms with E-state index in [1.807, 2.05) is 0 Å². The normalized spacial score (nSPS) is 13.5. The van der Waals surface area contributed by atoms with E-state index >= 15 is 0 Å². The number of amides is 1. The summed E-state index contributed by atoms with van der Waals surface area (Å²) in [5.74, 6) is -2.93. The lowest BCUT2D eigenvalue weighted by Crippen LogP contribution is -2.43. The van der Waals surface area contributed by atoms with Gasteiger partial charge >= 0.3 is 11.9 Å². The van der Waals surface area contributed by atoms with Crippen LogP contribution in [0.25, 0.3) is 0 Å². The second-order valence-electron chi connectivity index (χ2n) is 3.88. The van der Waals surface area contributed by atoms with Gasteiger partial charge in [-0.05, 0) is 11.4 Å². The molecule has 19 heavy (non-hydrogen) atoms. The summed E-state index contributed by atoms with van der Waals surface area (Å²) < 4.78 is 0. The molecular formula is C11H14N2O5S. The van der Waals surface area contributed by atoms with Crippen molar-refractivity contribution in [1.29, 1.82) is 0 Å². The predicted molar refractivity (Wildman–Crippen MR) is 67.7 cm³/mol. The Kier molecular flexibility index (Phi) is 5.46. The monoisotopic (exact) mass is 286 g/mol. The maximum Gasteiger partial charge on any atom is 0.305 e. The third-order valence-electron chi connectivity index (χ3n) is 2.31.